The molecule has 0 saturated carbocycles. The number of hydrogen-bond acceptors (Lipinski definition) is 1. The molecule has 0 aliphatic heterocycles. The minimum atomic E-state index is -0.109. The highest BCUT2D eigenvalue weighted by atomic mass is 14.4. The summed E-state index contributed by atoms with van der Waals surface area (Å²) in [5, 5.41) is 9.03. The van der Waals surface area contributed by atoms with Crippen LogP contribution in [-0.2, 0) is 0 Å². The van der Waals surface area contributed by atoms with Crippen LogP contribution in [-0.4, -0.2) is 0 Å². The van der Waals surface area contributed by atoms with E-state index in [1.807, 2.05) is 0 Å². The molecule has 1 heteroatoms. The number of hydrogen-bond donors (Lipinski definition) is 0. The third kappa shape index (κ3) is 4.38. The highest BCUT2D eigenvalue weighted by Crippen LogP contribution is 2.32. The molecule has 0 aliphatic carbocycles. The quantitative estimate of drug-likeness (QED) is 0.627. The number of nitrogens with zero attached hydrogens (tertiary/aromatic N) is 1. The zero-order valence-corrected chi connectivity index (χ0v) is 9.02. The minimum Gasteiger partial charge on any atom is -0.198 e. The van der Waals surface area contributed by atoms with E-state index in [9.17, 15) is 0 Å². The van der Waals surface area contributed by atoms with E-state index in [1.54, 1.807) is 0 Å². The summed E-state index contributed by atoms with van der Waals surface area (Å²) in [6.45, 7) is 10.8. The molecule has 0 spiro atoms. The van der Waals surface area contributed by atoms with Crippen LogP contribution in [0.25, 0.3) is 0 Å². The van der Waals surface area contributed by atoms with Crippen molar-refractivity contribution in [1.29, 1.82) is 5.26 Å². The van der Waals surface area contributed by atoms with Crippen LogP contribution in [0.4, 0.5) is 0 Å². The van der Waals surface area contributed by atoms with Gasteiger partial charge in [0.25, 0.3) is 0 Å². The molecule has 1 nitrogen and oxygen atoms in total. The normalized spacial score (nSPS) is 12.2. The monoisotopic (exact) mass is 167 g/mol. The van der Waals surface area contributed by atoms with Gasteiger partial charge in [-0.15, -0.1) is 0 Å². The first-order valence-electron chi connectivity index (χ1n) is 4.81. The Morgan fingerprint density at radius 3 is 1.58 bits per heavy atom. The Balaban J connectivity index is 4.17. The molecule has 0 heterocycles. The second-order valence-electron chi connectivity index (χ2n) is 4.87. The zero-order chi connectivity index (χ0) is 9.78. The van der Waals surface area contributed by atoms with E-state index in [4.69, 9.17) is 5.26 Å². The van der Waals surface area contributed by atoms with E-state index in [0.29, 0.717) is 11.8 Å². The molecule has 0 fully saturated rings. The standard InChI is InChI=1S/C11H21N/c1-9(2)6-11(5,8-12)7-10(3)4/h9-10H,6-7H2,1-5H3. The third-order valence-electron chi connectivity index (χ3n) is 1.99. The highest BCUT2D eigenvalue weighted by molar-refractivity contribution is 4.96. The van der Waals surface area contributed by atoms with Gasteiger partial charge >= 0.3 is 0 Å². The predicted molar refractivity (Wildman–Crippen MR) is 52.6 cm³/mol. The molecule has 0 aromatic carbocycles. The molecule has 70 valence electrons. The number of rotatable bonds is 4. The van der Waals surface area contributed by atoms with E-state index >= 15 is 0 Å². The van der Waals surface area contributed by atoms with Crippen LogP contribution in [0.15, 0.2) is 0 Å². The summed E-state index contributed by atoms with van der Waals surface area (Å²) >= 11 is 0. The maximum Gasteiger partial charge on any atom is 0.0687 e. The molecular formula is C11H21N. The van der Waals surface area contributed by atoms with E-state index in [-0.39, 0.29) is 5.41 Å². The summed E-state index contributed by atoms with van der Waals surface area (Å²) in [6, 6.07) is 2.44. The third-order valence-corrected chi connectivity index (χ3v) is 1.99. The second-order valence-corrected chi connectivity index (χ2v) is 4.87. The Hall–Kier alpha value is -0.510. The fourth-order valence-electron chi connectivity index (χ4n) is 1.98. The Kier molecular flexibility index (Phi) is 4.31. The lowest BCUT2D eigenvalue weighted by molar-refractivity contribution is 0.283. The van der Waals surface area contributed by atoms with Crippen molar-refractivity contribution in [2.24, 2.45) is 17.3 Å². The van der Waals surface area contributed by atoms with Gasteiger partial charge in [-0.25, -0.2) is 0 Å². The molecule has 0 rings (SSSR count). The molecule has 0 N–H and O–H groups in total. The summed E-state index contributed by atoms with van der Waals surface area (Å²) in [5.41, 5.74) is -0.109. The Morgan fingerprint density at radius 1 is 1.08 bits per heavy atom. The zero-order valence-electron chi connectivity index (χ0n) is 9.02. The first-order chi connectivity index (χ1) is 5.39. The van der Waals surface area contributed by atoms with Gasteiger partial charge in [0.05, 0.1) is 11.5 Å². The largest absolute Gasteiger partial charge is 0.198 e. The van der Waals surface area contributed by atoms with Crippen LogP contribution in [0, 0.1) is 28.6 Å². The van der Waals surface area contributed by atoms with Gasteiger partial charge in [0.2, 0.25) is 0 Å². The topological polar surface area (TPSA) is 23.8 Å². The van der Waals surface area contributed by atoms with Crippen LogP contribution in [0.1, 0.15) is 47.5 Å². The molecule has 0 atom stereocenters. The van der Waals surface area contributed by atoms with Crippen LogP contribution >= 0.6 is 0 Å². The molecule has 0 radical (unpaired) electrons. The molecule has 0 aromatic heterocycles. The van der Waals surface area contributed by atoms with Crippen molar-refractivity contribution in [2.75, 3.05) is 0 Å². The first kappa shape index (κ1) is 11.5. The van der Waals surface area contributed by atoms with E-state index in [1.165, 1.54) is 0 Å². The van der Waals surface area contributed by atoms with Gasteiger partial charge in [0, 0.05) is 0 Å². The predicted octanol–water partition coefficient (Wildman–Crippen LogP) is 3.61. The summed E-state index contributed by atoms with van der Waals surface area (Å²) in [5.74, 6) is 1.24. The van der Waals surface area contributed by atoms with Crippen LogP contribution in [0.5, 0.6) is 0 Å². The Morgan fingerprint density at radius 2 is 1.42 bits per heavy atom. The van der Waals surface area contributed by atoms with Crippen molar-refractivity contribution < 1.29 is 0 Å². The van der Waals surface area contributed by atoms with Gasteiger partial charge in [-0.2, -0.15) is 5.26 Å². The maximum absolute atomic E-state index is 9.03. The van der Waals surface area contributed by atoms with Crippen molar-refractivity contribution in [3.8, 4) is 6.07 Å². The highest BCUT2D eigenvalue weighted by Gasteiger charge is 2.25. The molecule has 12 heavy (non-hydrogen) atoms. The minimum absolute atomic E-state index is 0.109. The Bertz CT molecular complexity index is 152. The Labute approximate surface area is 76.8 Å². The smallest absolute Gasteiger partial charge is 0.0687 e. The van der Waals surface area contributed by atoms with Crippen LogP contribution in [0.2, 0.25) is 0 Å². The molecule has 0 amide bonds. The van der Waals surface area contributed by atoms with Gasteiger partial charge in [0.15, 0.2) is 0 Å². The van der Waals surface area contributed by atoms with Crippen LogP contribution in [0.3, 0.4) is 0 Å². The van der Waals surface area contributed by atoms with Crippen molar-refractivity contribution in [3.05, 3.63) is 0 Å². The van der Waals surface area contributed by atoms with Crippen molar-refractivity contribution in [3.63, 3.8) is 0 Å². The fraction of sp³-hybridized carbons (Fsp3) is 0.909. The molecule has 0 unspecified atom stereocenters. The van der Waals surface area contributed by atoms with Gasteiger partial charge in [-0.3, -0.25) is 0 Å². The summed E-state index contributed by atoms with van der Waals surface area (Å²) in [4.78, 5) is 0. The maximum atomic E-state index is 9.03. The van der Waals surface area contributed by atoms with Gasteiger partial charge < -0.3 is 0 Å². The number of nitriles is 1. The van der Waals surface area contributed by atoms with Gasteiger partial charge in [0.1, 0.15) is 0 Å². The molecule has 0 bridgehead atoms. The van der Waals surface area contributed by atoms with Crippen molar-refractivity contribution in [1.82, 2.24) is 0 Å². The summed E-state index contributed by atoms with van der Waals surface area (Å²) < 4.78 is 0. The lowest BCUT2D eigenvalue weighted by atomic mass is 9.77. The van der Waals surface area contributed by atoms with Gasteiger partial charge in [-0.1, -0.05) is 27.7 Å². The summed E-state index contributed by atoms with van der Waals surface area (Å²) in [7, 11) is 0. The second kappa shape index (κ2) is 4.50. The van der Waals surface area contributed by atoms with Crippen molar-refractivity contribution >= 4 is 0 Å². The molecule has 0 aliphatic rings. The lowest BCUT2D eigenvalue weighted by Gasteiger charge is -2.25. The van der Waals surface area contributed by atoms with Gasteiger partial charge in [-0.05, 0) is 31.6 Å². The molecule has 0 saturated heterocycles. The SMILES string of the molecule is CC(C)CC(C)(C#N)CC(C)C. The van der Waals surface area contributed by atoms with Crippen molar-refractivity contribution in [2.45, 2.75) is 47.5 Å². The van der Waals surface area contributed by atoms with E-state index < -0.39 is 0 Å². The molecular weight excluding hydrogens is 146 g/mol. The summed E-state index contributed by atoms with van der Waals surface area (Å²) in [6.07, 6.45) is 2.03. The first-order valence-corrected chi connectivity index (χ1v) is 4.81. The average Bonchev–Trinajstić information content (AvgIpc) is 1.83. The molecule has 0 aromatic rings. The van der Waals surface area contributed by atoms with E-state index in [0.717, 1.165) is 12.8 Å². The van der Waals surface area contributed by atoms with E-state index in [2.05, 4.69) is 40.7 Å². The fourth-order valence-corrected chi connectivity index (χ4v) is 1.98. The lowest BCUT2D eigenvalue weighted by Crippen LogP contribution is -2.19. The van der Waals surface area contributed by atoms with Crippen LogP contribution < -0.4 is 0 Å². The average molecular weight is 167 g/mol.